The van der Waals surface area contributed by atoms with Gasteiger partial charge in [-0.15, -0.1) is 5.10 Å². The fourth-order valence-electron chi connectivity index (χ4n) is 5.09. The number of rotatable bonds is 5. The molecule has 9 heteroatoms. The van der Waals surface area contributed by atoms with E-state index in [4.69, 9.17) is 0 Å². The number of nitrogens with one attached hydrogen (secondary N) is 1. The molecule has 0 aromatic carbocycles. The lowest BCUT2D eigenvalue weighted by atomic mass is 9.92. The van der Waals surface area contributed by atoms with E-state index < -0.39 is 0 Å². The van der Waals surface area contributed by atoms with Gasteiger partial charge in [-0.05, 0) is 31.6 Å². The van der Waals surface area contributed by atoms with E-state index in [1.54, 1.807) is 18.1 Å². The molecular formula is C21H32N6O3. The van der Waals surface area contributed by atoms with E-state index in [1.165, 1.54) is 19.3 Å². The first-order valence-electron chi connectivity index (χ1n) is 11.2. The number of amides is 3. The second-order valence-electron chi connectivity index (χ2n) is 9.00. The highest BCUT2D eigenvalue weighted by atomic mass is 16.2. The summed E-state index contributed by atoms with van der Waals surface area (Å²) in [6.07, 6.45) is 9.71. The number of piperidine rings is 1. The Balaban J connectivity index is 1.22. The lowest BCUT2D eigenvalue weighted by Crippen LogP contribution is -2.43. The molecule has 2 aliphatic heterocycles. The molecule has 2 saturated heterocycles. The van der Waals surface area contributed by atoms with Crippen LogP contribution in [-0.2, 0) is 21.4 Å². The number of carbonyl (C=O) groups excluding carboxylic acids is 3. The van der Waals surface area contributed by atoms with Gasteiger partial charge in [0.25, 0.3) is 0 Å². The Morgan fingerprint density at radius 3 is 2.53 bits per heavy atom. The first-order chi connectivity index (χ1) is 14.5. The van der Waals surface area contributed by atoms with Crippen LogP contribution in [0, 0.1) is 11.8 Å². The number of aromatic nitrogens is 3. The lowest BCUT2D eigenvalue weighted by molar-refractivity contribution is -0.137. The molecule has 9 nitrogen and oxygen atoms in total. The maximum Gasteiger partial charge on any atom is 0.248 e. The van der Waals surface area contributed by atoms with Crippen LogP contribution in [0.25, 0.3) is 0 Å². The predicted octanol–water partition coefficient (Wildman–Crippen LogP) is 1.56. The number of hydrogen-bond acceptors (Lipinski definition) is 5. The number of anilines is 1. The van der Waals surface area contributed by atoms with E-state index in [0.29, 0.717) is 44.5 Å². The summed E-state index contributed by atoms with van der Waals surface area (Å²) in [5.41, 5.74) is 0. The number of carbonyl (C=O) groups is 3. The summed E-state index contributed by atoms with van der Waals surface area (Å²) >= 11 is 0. The van der Waals surface area contributed by atoms with Crippen molar-refractivity contribution in [1.82, 2.24) is 24.6 Å². The Morgan fingerprint density at radius 1 is 1.13 bits per heavy atom. The summed E-state index contributed by atoms with van der Waals surface area (Å²) < 4.78 is 1.54. The van der Waals surface area contributed by atoms with Crippen LogP contribution in [0.15, 0.2) is 6.33 Å². The Bertz CT molecular complexity index is 779. The molecule has 1 aromatic heterocycles. The Hall–Kier alpha value is -2.45. The van der Waals surface area contributed by atoms with Gasteiger partial charge in [-0.25, -0.2) is 4.98 Å². The molecule has 4 rings (SSSR count). The van der Waals surface area contributed by atoms with Crippen molar-refractivity contribution in [3.05, 3.63) is 6.33 Å². The Morgan fingerprint density at radius 2 is 1.87 bits per heavy atom. The van der Waals surface area contributed by atoms with Crippen LogP contribution in [0.5, 0.6) is 0 Å². The summed E-state index contributed by atoms with van der Waals surface area (Å²) in [5, 5.41) is 6.78. The summed E-state index contributed by atoms with van der Waals surface area (Å²) in [5.74, 6) is 0.549. The van der Waals surface area contributed by atoms with Crippen molar-refractivity contribution in [1.29, 1.82) is 0 Å². The molecule has 164 valence electrons. The third-order valence-electron chi connectivity index (χ3n) is 6.77. The van der Waals surface area contributed by atoms with E-state index >= 15 is 0 Å². The first-order valence-corrected chi connectivity index (χ1v) is 11.2. The Kier molecular flexibility index (Phi) is 6.34. The highest BCUT2D eigenvalue weighted by Crippen LogP contribution is 2.30. The monoisotopic (exact) mass is 416 g/mol. The van der Waals surface area contributed by atoms with E-state index in [1.807, 2.05) is 9.80 Å². The molecule has 1 atom stereocenters. The molecular weight excluding hydrogens is 384 g/mol. The van der Waals surface area contributed by atoms with Crippen LogP contribution < -0.4 is 5.32 Å². The van der Waals surface area contributed by atoms with E-state index in [0.717, 1.165) is 25.7 Å². The van der Waals surface area contributed by atoms with Crippen LogP contribution in [0.3, 0.4) is 0 Å². The number of hydrogen-bond donors (Lipinski definition) is 1. The summed E-state index contributed by atoms with van der Waals surface area (Å²) in [6, 6.07) is 0.335. The van der Waals surface area contributed by atoms with Gasteiger partial charge in [-0.2, -0.15) is 0 Å². The third kappa shape index (κ3) is 4.82. The second kappa shape index (κ2) is 9.14. The van der Waals surface area contributed by atoms with Gasteiger partial charge in [-0.3, -0.25) is 24.4 Å². The number of nitrogens with zero attached hydrogens (tertiary/aromatic N) is 5. The van der Waals surface area contributed by atoms with E-state index in [-0.39, 0.29) is 29.6 Å². The molecule has 1 aromatic rings. The highest BCUT2D eigenvalue weighted by molar-refractivity contribution is 5.90. The van der Waals surface area contributed by atoms with Gasteiger partial charge in [0.2, 0.25) is 23.7 Å². The molecule has 1 aliphatic carbocycles. The molecule has 3 amide bonds. The zero-order valence-electron chi connectivity index (χ0n) is 17.8. The summed E-state index contributed by atoms with van der Waals surface area (Å²) in [6.45, 7) is 1.90. The van der Waals surface area contributed by atoms with Crippen LogP contribution in [0.4, 0.5) is 5.95 Å². The first kappa shape index (κ1) is 20.8. The van der Waals surface area contributed by atoms with E-state index in [2.05, 4.69) is 15.4 Å². The van der Waals surface area contributed by atoms with Gasteiger partial charge in [0.15, 0.2) is 0 Å². The van der Waals surface area contributed by atoms with Gasteiger partial charge in [-0.1, -0.05) is 19.3 Å². The van der Waals surface area contributed by atoms with Crippen LogP contribution in [0.2, 0.25) is 0 Å². The third-order valence-corrected chi connectivity index (χ3v) is 6.77. The quantitative estimate of drug-likeness (QED) is 0.785. The van der Waals surface area contributed by atoms with E-state index in [9.17, 15) is 14.4 Å². The lowest BCUT2D eigenvalue weighted by Gasteiger charge is -2.34. The molecule has 3 heterocycles. The summed E-state index contributed by atoms with van der Waals surface area (Å²) in [4.78, 5) is 45.6. The molecule has 1 N–H and O–H groups in total. The van der Waals surface area contributed by atoms with Gasteiger partial charge < -0.3 is 9.80 Å². The molecule has 0 bridgehead atoms. The molecule has 30 heavy (non-hydrogen) atoms. The number of likely N-dealkylation sites (tertiary alicyclic amines) is 2. The molecule has 3 aliphatic rings. The highest BCUT2D eigenvalue weighted by Gasteiger charge is 2.40. The molecule has 1 saturated carbocycles. The van der Waals surface area contributed by atoms with Crippen molar-refractivity contribution >= 4 is 23.7 Å². The smallest absolute Gasteiger partial charge is 0.248 e. The van der Waals surface area contributed by atoms with Crippen molar-refractivity contribution in [2.75, 3.05) is 25.0 Å². The number of aryl methyl sites for hydroxylation is 1. The van der Waals surface area contributed by atoms with Crippen LogP contribution in [-0.4, -0.2) is 68.0 Å². The van der Waals surface area contributed by atoms with Crippen molar-refractivity contribution in [3.63, 3.8) is 0 Å². The van der Waals surface area contributed by atoms with Crippen molar-refractivity contribution < 1.29 is 14.4 Å². The van der Waals surface area contributed by atoms with Gasteiger partial charge in [0, 0.05) is 45.6 Å². The van der Waals surface area contributed by atoms with Crippen LogP contribution >= 0.6 is 0 Å². The summed E-state index contributed by atoms with van der Waals surface area (Å²) in [7, 11) is 1.75. The average molecular weight is 417 g/mol. The van der Waals surface area contributed by atoms with Crippen LogP contribution in [0.1, 0.15) is 57.8 Å². The van der Waals surface area contributed by atoms with Crippen molar-refractivity contribution in [2.45, 2.75) is 63.8 Å². The normalized spacial score (nSPS) is 23.8. The zero-order chi connectivity index (χ0) is 21.1. The van der Waals surface area contributed by atoms with Gasteiger partial charge >= 0.3 is 0 Å². The molecule has 3 fully saturated rings. The topological polar surface area (TPSA) is 100 Å². The minimum absolute atomic E-state index is 0.0875. The van der Waals surface area contributed by atoms with Gasteiger partial charge in [0.1, 0.15) is 6.33 Å². The molecule has 1 unspecified atom stereocenters. The average Bonchev–Trinajstić information content (AvgIpc) is 3.34. The molecule has 0 spiro atoms. The Labute approximate surface area is 177 Å². The van der Waals surface area contributed by atoms with Crippen molar-refractivity contribution in [3.8, 4) is 0 Å². The maximum atomic E-state index is 13.0. The minimum atomic E-state index is -0.200. The van der Waals surface area contributed by atoms with Gasteiger partial charge in [0.05, 0.1) is 5.92 Å². The predicted molar refractivity (Wildman–Crippen MR) is 110 cm³/mol. The largest absolute Gasteiger partial charge is 0.342 e. The minimum Gasteiger partial charge on any atom is -0.342 e. The zero-order valence-corrected chi connectivity index (χ0v) is 17.8. The fraction of sp³-hybridized carbons (Fsp3) is 0.762. The fourth-order valence-corrected chi connectivity index (χ4v) is 5.09. The molecule has 0 radical (unpaired) electrons. The standard InChI is InChI=1S/C21H32N6O3/c1-25-14-22-21(24-25)23-18(28)11-15-7-9-26(10-8-15)20(30)16-12-19(29)27(13-16)17-5-3-2-4-6-17/h14-17H,2-13H2,1H3,(H,23,24,28). The second-order valence-corrected chi connectivity index (χ2v) is 9.00. The maximum absolute atomic E-state index is 13.0. The SMILES string of the molecule is Cn1cnc(NC(=O)CC2CCN(C(=O)C3CC(=O)N(C4CCCCC4)C3)CC2)n1. The van der Waals surface area contributed by atoms with Crippen molar-refractivity contribution in [2.24, 2.45) is 18.9 Å².